The maximum atomic E-state index is 13.0. The second kappa shape index (κ2) is 4.87. The molecule has 17 heavy (non-hydrogen) atoms. The highest BCUT2D eigenvalue weighted by Gasteiger charge is 2.00. The van der Waals surface area contributed by atoms with Gasteiger partial charge in [0.1, 0.15) is 5.82 Å². The van der Waals surface area contributed by atoms with Crippen molar-refractivity contribution in [2.24, 2.45) is 0 Å². The first-order valence-corrected chi connectivity index (χ1v) is 5.49. The number of hydrogen-bond donors (Lipinski definition) is 2. The number of nitrogens with two attached hydrogens (primary N) is 1. The van der Waals surface area contributed by atoms with Gasteiger partial charge in [0, 0.05) is 6.54 Å². The Morgan fingerprint density at radius 3 is 2.76 bits per heavy atom. The fraction of sp³-hybridized carbons (Fsp3) is 0.143. The molecule has 0 aliphatic carbocycles. The van der Waals surface area contributed by atoms with Gasteiger partial charge in [-0.1, -0.05) is 18.2 Å². The van der Waals surface area contributed by atoms with E-state index in [1.807, 2.05) is 31.2 Å². The second-order valence-electron chi connectivity index (χ2n) is 4.07. The lowest BCUT2D eigenvalue weighted by Gasteiger charge is -2.10. The van der Waals surface area contributed by atoms with Crippen molar-refractivity contribution < 1.29 is 4.39 Å². The molecule has 2 nitrogen and oxygen atoms in total. The largest absolute Gasteiger partial charge is 0.397 e. The molecule has 0 amide bonds. The molecule has 0 aromatic heterocycles. The third kappa shape index (κ3) is 2.97. The fourth-order valence-corrected chi connectivity index (χ4v) is 1.67. The maximum absolute atomic E-state index is 13.0. The van der Waals surface area contributed by atoms with E-state index >= 15 is 0 Å². The third-order valence-electron chi connectivity index (χ3n) is 2.58. The molecule has 0 saturated carbocycles. The highest BCUT2D eigenvalue weighted by molar-refractivity contribution is 5.66. The zero-order chi connectivity index (χ0) is 12.3. The predicted molar refractivity (Wildman–Crippen MR) is 69.3 cm³/mol. The monoisotopic (exact) mass is 230 g/mol. The van der Waals surface area contributed by atoms with Gasteiger partial charge in [-0.25, -0.2) is 4.39 Å². The molecular formula is C14H15FN2. The van der Waals surface area contributed by atoms with Crippen LogP contribution in [0.4, 0.5) is 15.8 Å². The van der Waals surface area contributed by atoms with Crippen molar-refractivity contribution in [3.8, 4) is 0 Å². The van der Waals surface area contributed by atoms with Gasteiger partial charge in [0.15, 0.2) is 0 Å². The summed E-state index contributed by atoms with van der Waals surface area (Å²) in [7, 11) is 0. The van der Waals surface area contributed by atoms with Gasteiger partial charge in [0.05, 0.1) is 11.4 Å². The molecule has 0 spiro atoms. The molecule has 3 heteroatoms. The summed E-state index contributed by atoms with van der Waals surface area (Å²) in [4.78, 5) is 0. The van der Waals surface area contributed by atoms with E-state index < -0.39 is 0 Å². The van der Waals surface area contributed by atoms with Crippen LogP contribution in [-0.4, -0.2) is 0 Å². The number of rotatable bonds is 3. The minimum atomic E-state index is -0.221. The predicted octanol–water partition coefficient (Wildman–Crippen LogP) is 3.33. The molecule has 2 aromatic carbocycles. The van der Waals surface area contributed by atoms with Gasteiger partial charge in [-0.15, -0.1) is 0 Å². The Hall–Kier alpha value is -2.03. The maximum Gasteiger partial charge on any atom is 0.123 e. The van der Waals surface area contributed by atoms with Gasteiger partial charge in [0.2, 0.25) is 0 Å². The third-order valence-corrected chi connectivity index (χ3v) is 2.58. The van der Waals surface area contributed by atoms with E-state index in [0.717, 1.165) is 16.8 Å². The van der Waals surface area contributed by atoms with Crippen LogP contribution in [0.15, 0.2) is 42.5 Å². The van der Waals surface area contributed by atoms with Crippen LogP contribution in [0.25, 0.3) is 0 Å². The van der Waals surface area contributed by atoms with Crippen molar-refractivity contribution in [1.82, 2.24) is 0 Å². The summed E-state index contributed by atoms with van der Waals surface area (Å²) in [5.41, 5.74) is 9.47. The summed E-state index contributed by atoms with van der Waals surface area (Å²) in [6.07, 6.45) is 0. The Morgan fingerprint density at radius 2 is 2.00 bits per heavy atom. The van der Waals surface area contributed by atoms with E-state index in [0.29, 0.717) is 12.2 Å². The number of aryl methyl sites for hydroxylation is 1. The van der Waals surface area contributed by atoms with Crippen molar-refractivity contribution >= 4 is 11.4 Å². The Bertz CT molecular complexity index is 523. The number of benzene rings is 2. The molecule has 88 valence electrons. The molecule has 2 aromatic rings. The highest BCUT2D eigenvalue weighted by Crippen LogP contribution is 2.20. The molecule has 0 saturated heterocycles. The van der Waals surface area contributed by atoms with Gasteiger partial charge >= 0.3 is 0 Å². The molecule has 3 N–H and O–H groups in total. The van der Waals surface area contributed by atoms with E-state index in [2.05, 4.69) is 5.32 Å². The number of halogens is 1. The number of nitrogen functional groups attached to an aromatic ring is 1. The summed E-state index contributed by atoms with van der Waals surface area (Å²) < 4.78 is 13.0. The Kier molecular flexibility index (Phi) is 3.28. The summed E-state index contributed by atoms with van der Waals surface area (Å²) in [5.74, 6) is -0.221. The molecule has 0 aliphatic rings. The standard InChI is InChI=1S/C14H15FN2/c1-10-5-6-13(16)14(7-10)17-9-11-3-2-4-12(15)8-11/h2-8,17H,9,16H2,1H3. The first-order chi connectivity index (χ1) is 8.15. The summed E-state index contributed by atoms with van der Waals surface area (Å²) in [5, 5.41) is 3.21. The average Bonchev–Trinajstić information content (AvgIpc) is 2.30. The van der Waals surface area contributed by atoms with Gasteiger partial charge in [-0.3, -0.25) is 0 Å². The molecule has 0 aliphatic heterocycles. The quantitative estimate of drug-likeness (QED) is 0.794. The molecular weight excluding hydrogens is 215 g/mol. The van der Waals surface area contributed by atoms with Crippen molar-refractivity contribution in [3.05, 3.63) is 59.4 Å². The lowest BCUT2D eigenvalue weighted by molar-refractivity contribution is 0.626. The Morgan fingerprint density at radius 1 is 1.18 bits per heavy atom. The van der Waals surface area contributed by atoms with E-state index in [4.69, 9.17) is 5.73 Å². The molecule has 0 heterocycles. The summed E-state index contributed by atoms with van der Waals surface area (Å²) in [6.45, 7) is 2.57. The topological polar surface area (TPSA) is 38.0 Å². The highest BCUT2D eigenvalue weighted by atomic mass is 19.1. The van der Waals surface area contributed by atoms with Crippen LogP contribution in [0.3, 0.4) is 0 Å². The van der Waals surface area contributed by atoms with Crippen LogP contribution >= 0.6 is 0 Å². The van der Waals surface area contributed by atoms with Crippen LogP contribution in [0.5, 0.6) is 0 Å². The fourth-order valence-electron chi connectivity index (χ4n) is 1.67. The average molecular weight is 230 g/mol. The zero-order valence-electron chi connectivity index (χ0n) is 9.70. The van der Waals surface area contributed by atoms with Gasteiger partial charge in [0.25, 0.3) is 0 Å². The molecule has 0 fully saturated rings. The summed E-state index contributed by atoms with van der Waals surface area (Å²) >= 11 is 0. The first-order valence-electron chi connectivity index (χ1n) is 5.49. The van der Waals surface area contributed by atoms with Crippen molar-refractivity contribution in [2.45, 2.75) is 13.5 Å². The minimum Gasteiger partial charge on any atom is -0.397 e. The van der Waals surface area contributed by atoms with Crippen LogP contribution < -0.4 is 11.1 Å². The van der Waals surface area contributed by atoms with Crippen LogP contribution in [0.2, 0.25) is 0 Å². The lowest BCUT2D eigenvalue weighted by atomic mass is 10.1. The number of nitrogens with one attached hydrogen (secondary N) is 1. The van der Waals surface area contributed by atoms with Gasteiger partial charge in [-0.05, 0) is 42.3 Å². The second-order valence-corrected chi connectivity index (χ2v) is 4.07. The Balaban J connectivity index is 2.09. The Labute approximate surface area is 100 Å². The molecule has 2 rings (SSSR count). The van der Waals surface area contributed by atoms with Crippen LogP contribution in [0.1, 0.15) is 11.1 Å². The number of anilines is 2. The first kappa shape index (κ1) is 11.5. The minimum absolute atomic E-state index is 0.221. The van der Waals surface area contributed by atoms with Crippen molar-refractivity contribution in [1.29, 1.82) is 0 Å². The van der Waals surface area contributed by atoms with E-state index in [1.165, 1.54) is 12.1 Å². The lowest BCUT2D eigenvalue weighted by Crippen LogP contribution is -2.02. The van der Waals surface area contributed by atoms with Crippen molar-refractivity contribution in [3.63, 3.8) is 0 Å². The normalized spacial score (nSPS) is 10.2. The smallest absolute Gasteiger partial charge is 0.123 e. The molecule has 0 atom stereocenters. The van der Waals surface area contributed by atoms with Gasteiger partial charge < -0.3 is 11.1 Å². The van der Waals surface area contributed by atoms with E-state index in [-0.39, 0.29) is 5.82 Å². The van der Waals surface area contributed by atoms with Crippen molar-refractivity contribution in [2.75, 3.05) is 11.1 Å². The van der Waals surface area contributed by atoms with Gasteiger partial charge in [-0.2, -0.15) is 0 Å². The number of hydrogen-bond acceptors (Lipinski definition) is 2. The zero-order valence-corrected chi connectivity index (χ0v) is 9.70. The SMILES string of the molecule is Cc1ccc(N)c(NCc2cccc(F)c2)c1. The van der Waals surface area contributed by atoms with Crippen LogP contribution in [0, 0.1) is 12.7 Å². The molecule has 0 unspecified atom stereocenters. The summed E-state index contributed by atoms with van der Waals surface area (Å²) in [6, 6.07) is 12.3. The van der Waals surface area contributed by atoms with E-state index in [1.54, 1.807) is 6.07 Å². The van der Waals surface area contributed by atoms with E-state index in [9.17, 15) is 4.39 Å². The van der Waals surface area contributed by atoms with Crippen LogP contribution in [-0.2, 0) is 6.54 Å². The molecule has 0 bridgehead atoms. The molecule has 0 radical (unpaired) electrons.